The highest BCUT2D eigenvalue weighted by molar-refractivity contribution is 5.86. The highest BCUT2D eigenvalue weighted by Crippen LogP contribution is 1.98. The largest absolute Gasteiger partial charge is 0.368 e. The fourth-order valence-electron chi connectivity index (χ4n) is 0.385. The predicted octanol–water partition coefficient (Wildman–Crippen LogP) is 1.09. The summed E-state index contributed by atoms with van der Waals surface area (Å²) in [5.74, 6) is -0.517. The first-order valence-corrected chi connectivity index (χ1v) is 4.20. The molecule has 0 fully saturated rings. The molecule has 13 heavy (non-hydrogen) atoms. The van der Waals surface area contributed by atoms with Crippen LogP contribution >= 0.6 is 0 Å². The van der Waals surface area contributed by atoms with Crippen LogP contribution in [0.1, 0.15) is 13.8 Å². The second kappa shape index (κ2) is 4.99. The Morgan fingerprint density at radius 1 is 1.46 bits per heavy atom. The highest BCUT2D eigenvalue weighted by Gasteiger charge is 2.14. The molecule has 0 bridgehead atoms. The Morgan fingerprint density at radius 2 is 2.00 bits per heavy atom. The highest BCUT2D eigenvalue weighted by atomic mass is 17.2. The van der Waals surface area contributed by atoms with Crippen LogP contribution in [0.5, 0.6) is 0 Å². The van der Waals surface area contributed by atoms with Crippen molar-refractivity contribution in [3.63, 3.8) is 0 Å². The monoisotopic (exact) mass is 188 g/mol. The average Bonchev–Trinajstić information content (AvgIpc) is 2.04. The molecule has 0 radical (unpaired) electrons. The van der Waals surface area contributed by atoms with E-state index in [-0.39, 0.29) is 0 Å². The Hall–Kier alpha value is -0.870. The topological polar surface area (TPSA) is 35.5 Å². The lowest BCUT2D eigenvalue weighted by Crippen LogP contribution is -2.41. The maximum Gasteiger partial charge on any atom is 0.368 e. The van der Waals surface area contributed by atoms with Crippen molar-refractivity contribution in [2.45, 2.75) is 13.8 Å². The van der Waals surface area contributed by atoms with E-state index in [0.29, 0.717) is 16.8 Å². The van der Waals surface area contributed by atoms with E-state index in [1.165, 1.54) is 0 Å². The fourth-order valence-corrected chi connectivity index (χ4v) is 0.385. The smallest absolute Gasteiger partial charge is 0.303 e. The zero-order valence-corrected chi connectivity index (χ0v) is 8.79. The second-order valence-electron chi connectivity index (χ2n) is 3.65. The van der Waals surface area contributed by atoms with E-state index in [0.717, 1.165) is 6.54 Å². The number of rotatable bonds is 5. The maximum atomic E-state index is 10.9. The minimum absolute atomic E-state index is 0.335. The van der Waals surface area contributed by atoms with E-state index in [1.807, 2.05) is 21.0 Å². The molecule has 0 N–H and O–H groups in total. The molecule has 0 aromatic heterocycles. The molecule has 0 aromatic rings. The zero-order chi connectivity index (χ0) is 10.5. The van der Waals surface area contributed by atoms with Crippen molar-refractivity contribution in [1.82, 2.24) is 0 Å². The van der Waals surface area contributed by atoms with E-state index in [9.17, 15) is 4.79 Å². The minimum atomic E-state index is -0.517. The van der Waals surface area contributed by atoms with Gasteiger partial charge in [-0.2, -0.15) is 0 Å². The normalized spacial score (nSPS) is 11.1. The van der Waals surface area contributed by atoms with Crippen LogP contribution < -0.4 is 0 Å². The van der Waals surface area contributed by atoms with Gasteiger partial charge in [0.25, 0.3) is 0 Å². The van der Waals surface area contributed by atoms with E-state index in [4.69, 9.17) is 4.89 Å². The Labute approximate surface area is 79.3 Å². The van der Waals surface area contributed by atoms with Gasteiger partial charge in [-0.3, -0.25) is 4.89 Å². The van der Waals surface area contributed by atoms with Crippen molar-refractivity contribution in [2.75, 3.05) is 27.4 Å². The molecule has 76 valence electrons. The van der Waals surface area contributed by atoms with Gasteiger partial charge < -0.3 is 4.48 Å². The molecule has 0 atom stereocenters. The molecule has 0 spiro atoms. The number of hydrogen-bond acceptors (Lipinski definition) is 3. The van der Waals surface area contributed by atoms with Crippen LogP contribution in [0.25, 0.3) is 0 Å². The summed E-state index contributed by atoms with van der Waals surface area (Å²) < 4.78 is 0.642. The van der Waals surface area contributed by atoms with Crippen molar-refractivity contribution in [3.05, 3.63) is 12.2 Å². The van der Waals surface area contributed by atoms with Gasteiger partial charge in [0, 0.05) is 5.57 Å². The van der Waals surface area contributed by atoms with Crippen LogP contribution in [-0.4, -0.2) is 37.8 Å². The first kappa shape index (κ1) is 12.1. The van der Waals surface area contributed by atoms with Gasteiger partial charge in [-0.25, -0.2) is 4.79 Å². The molecule has 0 aliphatic heterocycles. The Morgan fingerprint density at radius 3 is 2.38 bits per heavy atom. The van der Waals surface area contributed by atoms with Crippen molar-refractivity contribution in [2.24, 2.45) is 0 Å². The van der Waals surface area contributed by atoms with Crippen LogP contribution in [0.4, 0.5) is 0 Å². The van der Waals surface area contributed by atoms with Gasteiger partial charge in [0.15, 0.2) is 0 Å². The number of quaternary nitrogens is 1. The van der Waals surface area contributed by atoms with Crippen LogP contribution in [0.3, 0.4) is 0 Å². The maximum absolute atomic E-state index is 10.9. The predicted molar refractivity (Wildman–Crippen MR) is 49.5 cm³/mol. The summed E-state index contributed by atoms with van der Waals surface area (Å²) in [5.41, 5.74) is 0.335. The standard InChI is InChI=1S/C9H18NO3/c1-6-10(4,5)7-12-13-9(11)8(2)3/h2,6-7H2,1,3-5H3/q+1. The Kier molecular flexibility index (Phi) is 4.66. The van der Waals surface area contributed by atoms with E-state index in [1.54, 1.807) is 6.92 Å². The van der Waals surface area contributed by atoms with Crippen LogP contribution in [-0.2, 0) is 14.6 Å². The first-order chi connectivity index (χ1) is 5.89. The molecule has 0 heterocycles. The Bertz CT molecular complexity index is 199. The van der Waals surface area contributed by atoms with Gasteiger partial charge in [-0.15, -0.1) is 4.89 Å². The molecule has 4 nitrogen and oxygen atoms in total. The summed E-state index contributed by atoms with van der Waals surface area (Å²) in [4.78, 5) is 20.1. The third kappa shape index (κ3) is 5.38. The van der Waals surface area contributed by atoms with Crippen molar-refractivity contribution in [3.8, 4) is 0 Å². The summed E-state index contributed by atoms with van der Waals surface area (Å²) in [5, 5.41) is 0. The summed E-state index contributed by atoms with van der Waals surface area (Å²) >= 11 is 0. The molecule has 0 aliphatic rings. The van der Waals surface area contributed by atoms with E-state index in [2.05, 4.69) is 11.5 Å². The van der Waals surface area contributed by atoms with Gasteiger partial charge in [-0.05, 0) is 13.8 Å². The third-order valence-corrected chi connectivity index (χ3v) is 1.74. The molecule has 4 heteroatoms. The number of carbonyl (C=O) groups is 1. The van der Waals surface area contributed by atoms with Gasteiger partial charge in [0.05, 0.1) is 20.6 Å². The van der Waals surface area contributed by atoms with Crippen molar-refractivity contribution in [1.29, 1.82) is 0 Å². The van der Waals surface area contributed by atoms with Crippen LogP contribution in [0.2, 0.25) is 0 Å². The lowest BCUT2D eigenvalue weighted by Gasteiger charge is -2.26. The SMILES string of the molecule is C=C(C)C(=O)OOC[N+](C)(C)CC. The van der Waals surface area contributed by atoms with Crippen LogP contribution in [0, 0.1) is 0 Å². The van der Waals surface area contributed by atoms with Gasteiger partial charge in [-0.1, -0.05) is 6.58 Å². The zero-order valence-electron chi connectivity index (χ0n) is 8.79. The molecule has 0 saturated heterocycles. The summed E-state index contributed by atoms with van der Waals surface area (Å²) in [6.45, 7) is 8.29. The Balaban J connectivity index is 3.68. The quantitative estimate of drug-likeness (QED) is 0.213. The molecule has 0 aromatic carbocycles. The van der Waals surface area contributed by atoms with E-state index >= 15 is 0 Å². The van der Waals surface area contributed by atoms with Crippen LogP contribution in [0.15, 0.2) is 12.2 Å². The van der Waals surface area contributed by atoms with Crippen molar-refractivity contribution < 1.29 is 19.1 Å². The van der Waals surface area contributed by atoms with Gasteiger partial charge >= 0.3 is 5.97 Å². The number of hydrogen-bond donors (Lipinski definition) is 0. The molecule has 0 saturated carbocycles. The number of carbonyl (C=O) groups excluding carboxylic acids is 1. The van der Waals surface area contributed by atoms with Gasteiger partial charge in [0.1, 0.15) is 0 Å². The first-order valence-electron chi connectivity index (χ1n) is 4.20. The fraction of sp³-hybridized carbons (Fsp3) is 0.667. The number of nitrogens with zero attached hydrogens (tertiary/aromatic N) is 1. The third-order valence-electron chi connectivity index (χ3n) is 1.74. The molecule has 0 unspecified atom stereocenters. The molecular weight excluding hydrogens is 170 g/mol. The lowest BCUT2D eigenvalue weighted by molar-refractivity contribution is -0.916. The van der Waals surface area contributed by atoms with Crippen molar-refractivity contribution >= 4 is 5.97 Å². The molecule has 0 aliphatic carbocycles. The molecular formula is C9H18NO3+. The summed E-state index contributed by atoms with van der Waals surface area (Å²) in [6.07, 6.45) is 0. The molecule has 0 amide bonds. The summed E-state index contributed by atoms with van der Waals surface area (Å²) in [7, 11) is 3.96. The minimum Gasteiger partial charge on any atom is -0.303 e. The van der Waals surface area contributed by atoms with Gasteiger partial charge in [0.2, 0.25) is 6.73 Å². The summed E-state index contributed by atoms with van der Waals surface area (Å²) in [6, 6.07) is 0. The van der Waals surface area contributed by atoms with E-state index < -0.39 is 5.97 Å². The average molecular weight is 188 g/mol. The second-order valence-corrected chi connectivity index (χ2v) is 3.65. The molecule has 0 rings (SSSR count). The lowest BCUT2D eigenvalue weighted by atomic mass is 10.4.